The highest BCUT2D eigenvalue weighted by molar-refractivity contribution is 5.98. The first-order valence-electron chi connectivity index (χ1n) is 11.6. The standard InChI is InChI=1S/C28H26FN3O3/c1-19-5-11-23(12-6-19)32-20(2)24(18-25(32)21-7-9-22(29)10-8-21)27(33)30-13-15-31(16-14-30)28(34)26-4-3-17-35-26/h3-12,17-18H,13-16H2,1-2H3. The van der Waals surface area contributed by atoms with Gasteiger partial charge in [-0.05, 0) is 74.0 Å². The molecule has 0 aliphatic carbocycles. The van der Waals surface area contributed by atoms with Crippen LogP contribution in [0.2, 0.25) is 0 Å². The number of furan rings is 1. The number of piperazine rings is 1. The van der Waals surface area contributed by atoms with Crippen LogP contribution in [0.25, 0.3) is 16.9 Å². The summed E-state index contributed by atoms with van der Waals surface area (Å²) in [6.45, 7) is 5.70. The molecule has 5 rings (SSSR count). The number of aryl methyl sites for hydroxylation is 1. The molecule has 7 heteroatoms. The van der Waals surface area contributed by atoms with Crippen molar-refractivity contribution in [1.82, 2.24) is 14.4 Å². The lowest BCUT2D eigenvalue weighted by Gasteiger charge is -2.34. The number of hydrogen-bond donors (Lipinski definition) is 0. The van der Waals surface area contributed by atoms with Crippen LogP contribution in [-0.2, 0) is 0 Å². The minimum absolute atomic E-state index is 0.0816. The third kappa shape index (κ3) is 4.37. The van der Waals surface area contributed by atoms with E-state index in [4.69, 9.17) is 4.42 Å². The molecule has 0 saturated carbocycles. The number of nitrogens with zero attached hydrogens (tertiary/aromatic N) is 3. The molecule has 1 fully saturated rings. The highest BCUT2D eigenvalue weighted by atomic mass is 19.1. The summed E-state index contributed by atoms with van der Waals surface area (Å²) in [6.07, 6.45) is 1.48. The molecule has 6 nitrogen and oxygen atoms in total. The number of hydrogen-bond acceptors (Lipinski definition) is 3. The first-order chi connectivity index (χ1) is 16.9. The lowest BCUT2D eigenvalue weighted by atomic mass is 10.1. The highest BCUT2D eigenvalue weighted by Gasteiger charge is 2.29. The monoisotopic (exact) mass is 471 g/mol. The molecule has 0 radical (unpaired) electrons. The first kappa shape index (κ1) is 22.7. The quantitative estimate of drug-likeness (QED) is 0.417. The van der Waals surface area contributed by atoms with Gasteiger partial charge in [-0.25, -0.2) is 4.39 Å². The summed E-state index contributed by atoms with van der Waals surface area (Å²) >= 11 is 0. The van der Waals surface area contributed by atoms with Crippen LogP contribution in [0.3, 0.4) is 0 Å². The second kappa shape index (κ2) is 9.25. The number of carbonyl (C=O) groups excluding carboxylic acids is 2. The summed E-state index contributed by atoms with van der Waals surface area (Å²) in [5.41, 5.74) is 5.12. The number of halogens is 1. The van der Waals surface area contributed by atoms with Crippen LogP contribution < -0.4 is 0 Å². The van der Waals surface area contributed by atoms with E-state index in [1.165, 1.54) is 18.4 Å². The minimum Gasteiger partial charge on any atom is -0.459 e. The largest absolute Gasteiger partial charge is 0.459 e. The molecule has 3 heterocycles. The number of benzene rings is 2. The Morgan fingerprint density at radius 2 is 1.46 bits per heavy atom. The Balaban J connectivity index is 1.44. The predicted octanol–water partition coefficient (Wildman–Crippen LogP) is 5.09. The number of amides is 2. The maximum absolute atomic E-state index is 13.6. The van der Waals surface area contributed by atoms with Crippen molar-refractivity contribution < 1.29 is 18.4 Å². The Morgan fingerprint density at radius 1 is 0.829 bits per heavy atom. The zero-order valence-corrected chi connectivity index (χ0v) is 19.7. The third-order valence-corrected chi connectivity index (χ3v) is 6.50. The maximum Gasteiger partial charge on any atom is 0.289 e. The van der Waals surface area contributed by atoms with Gasteiger partial charge in [0.05, 0.1) is 17.5 Å². The lowest BCUT2D eigenvalue weighted by molar-refractivity contribution is 0.0518. The van der Waals surface area contributed by atoms with Crippen molar-refractivity contribution in [1.29, 1.82) is 0 Å². The fourth-order valence-corrected chi connectivity index (χ4v) is 4.52. The zero-order chi connectivity index (χ0) is 24.5. The topological polar surface area (TPSA) is 58.7 Å². The van der Waals surface area contributed by atoms with Crippen LogP contribution in [0.15, 0.2) is 77.4 Å². The van der Waals surface area contributed by atoms with E-state index >= 15 is 0 Å². The van der Waals surface area contributed by atoms with Crippen molar-refractivity contribution in [3.05, 3.63) is 101 Å². The second-order valence-electron chi connectivity index (χ2n) is 8.77. The molecule has 178 valence electrons. The van der Waals surface area contributed by atoms with Gasteiger partial charge < -0.3 is 18.8 Å². The van der Waals surface area contributed by atoms with E-state index in [0.29, 0.717) is 37.5 Å². The third-order valence-electron chi connectivity index (χ3n) is 6.50. The SMILES string of the molecule is Cc1ccc(-n2c(-c3ccc(F)cc3)cc(C(=O)N3CCN(C(=O)c4ccco4)CC3)c2C)cc1. The van der Waals surface area contributed by atoms with Crippen LogP contribution in [-0.4, -0.2) is 52.4 Å². The van der Waals surface area contributed by atoms with Gasteiger partial charge in [-0.3, -0.25) is 9.59 Å². The molecule has 2 aromatic carbocycles. The molecular weight excluding hydrogens is 445 g/mol. The normalized spacial score (nSPS) is 13.8. The molecular formula is C28H26FN3O3. The molecule has 0 atom stereocenters. The summed E-state index contributed by atoms with van der Waals surface area (Å²) in [6, 6.07) is 19.6. The van der Waals surface area contributed by atoms with Gasteiger partial charge in [0.15, 0.2) is 5.76 Å². The summed E-state index contributed by atoms with van der Waals surface area (Å²) in [5, 5.41) is 0. The maximum atomic E-state index is 13.6. The van der Waals surface area contributed by atoms with Crippen molar-refractivity contribution in [2.24, 2.45) is 0 Å². The second-order valence-corrected chi connectivity index (χ2v) is 8.77. The Hall–Kier alpha value is -4.13. The van der Waals surface area contributed by atoms with E-state index < -0.39 is 0 Å². The Labute approximate surface area is 203 Å². The van der Waals surface area contributed by atoms with E-state index in [9.17, 15) is 14.0 Å². The smallest absolute Gasteiger partial charge is 0.289 e. The van der Waals surface area contributed by atoms with Crippen LogP contribution in [0.5, 0.6) is 0 Å². The molecule has 0 spiro atoms. The Morgan fingerprint density at radius 3 is 2.06 bits per heavy atom. The van der Waals surface area contributed by atoms with Crippen LogP contribution in [0.1, 0.15) is 32.2 Å². The molecule has 4 aromatic rings. The summed E-state index contributed by atoms with van der Waals surface area (Å²) < 4.78 is 20.9. The fourth-order valence-electron chi connectivity index (χ4n) is 4.52. The highest BCUT2D eigenvalue weighted by Crippen LogP contribution is 2.31. The number of rotatable bonds is 4. The molecule has 2 aromatic heterocycles. The number of aromatic nitrogens is 1. The molecule has 0 N–H and O–H groups in total. The van der Waals surface area contributed by atoms with Crippen molar-refractivity contribution >= 4 is 11.8 Å². The van der Waals surface area contributed by atoms with Gasteiger partial charge in [-0.1, -0.05) is 17.7 Å². The van der Waals surface area contributed by atoms with Gasteiger partial charge in [-0.2, -0.15) is 0 Å². The summed E-state index contributed by atoms with van der Waals surface area (Å²) in [5.74, 6) is -0.249. The summed E-state index contributed by atoms with van der Waals surface area (Å²) in [4.78, 5) is 29.6. The molecule has 1 saturated heterocycles. The van der Waals surface area contributed by atoms with Crippen LogP contribution in [0, 0.1) is 19.7 Å². The molecule has 0 bridgehead atoms. The van der Waals surface area contributed by atoms with E-state index in [0.717, 1.165) is 28.2 Å². The first-order valence-corrected chi connectivity index (χ1v) is 11.6. The van der Waals surface area contributed by atoms with Crippen molar-refractivity contribution in [2.45, 2.75) is 13.8 Å². The van der Waals surface area contributed by atoms with Gasteiger partial charge in [-0.15, -0.1) is 0 Å². The molecule has 1 aliphatic rings. The van der Waals surface area contributed by atoms with Crippen LogP contribution >= 0.6 is 0 Å². The molecule has 2 amide bonds. The van der Waals surface area contributed by atoms with E-state index in [1.54, 1.807) is 34.1 Å². The van der Waals surface area contributed by atoms with E-state index in [2.05, 4.69) is 0 Å². The Kier molecular flexibility index (Phi) is 5.99. The van der Waals surface area contributed by atoms with Crippen molar-refractivity contribution in [2.75, 3.05) is 26.2 Å². The minimum atomic E-state index is -0.308. The lowest BCUT2D eigenvalue weighted by Crippen LogP contribution is -2.50. The van der Waals surface area contributed by atoms with Gasteiger partial charge in [0.25, 0.3) is 11.8 Å². The van der Waals surface area contributed by atoms with Gasteiger partial charge in [0, 0.05) is 37.6 Å². The summed E-state index contributed by atoms with van der Waals surface area (Å²) in [7, 11) is 0. The van der Waals surface area contributed by atoms with E-state index in [1.807, 2.05) is 48.7 Å². The van der Waals surface area contributed by atoms with Gasteiger partial charge >= 0.3 is 0 Å². The fraction of sp³-hybridized carbons (Fsp3) is 0.214. The average molecular weight is 472 g/mol. The average Bonchev–Trinajstić information content (AvgIpc) is 3.53. The van der Waals surface area contributed by atoms with Gasteiger partial charge in [0.1, 0.15) is 5.82 Å². The number of carbonyl (C=O) groups is 2. The van der Waals surface area contributed by atoms with Gasteiger partial charge in [0.2, 0.25) is 0 Å². The van der Waals surface area contributed by atoms with Crippen LogP contribution in [0.4, 0.5) is 4.39 Å². The molecule has 0 unspecified atom stereocenters. The van der Waals surface area contributed by atoms with E-state index in [-0.39, 0.29) is 17.6 Å². The predicted molar refractivity (Wildman–Crippen MR) is 131 cm³/mol. The van der Waals surface area contributed by atoms with Crippen molar-refractivity contribution in [3.8, 4) is 16.9 Å². The molecule has 35 heavy (non-hydrogen) atoms. The Bertz CT molecular complexity index is 1350. The van der Waals surface area contributed by atoms with Crippen molar-refractivity contribution in [3.63, 3.8) is 0 Å². The zero-order valence-electron chi connectivity index (χ0n) is 19.7. The molecule has 1 aliphatic heterocycles.